The lowest BCUT2D eigenvalue weighted by molar-refractivity contribution is -0.384. The lowest BCUT2D eigenvalue weighted by Gasteiger charge is -2.21. The lowest BCUT2D eigenvalue weighted by atomic mass is 10.2. The number of anilines is 1. The Hall–Kier alpha value is -2.68. The summed E-state index contributed by atoms with van der Waals surface area (Å²) in [5.41, 5.74) is 0.184. The van der Waals surface area contributed by atoms with Crippen molar-refractivity contribution in [3.05, 3.63) is 34.4 Å². The minimum atomic E-state index is -1.19. The molecule has 2 atom stereocenters. The number of hydrogen-bond acceptors (Lipinski definition) is 5. The summed E-state index contributed by atoms with van der Waals surface area (Å²) in [5.74, 6) is -1.19. The highest BCUT2D eigenvalue weighted by Gasteiger charge is 2.38. The topological polar surface area (TPSA) is 133 Å². The molecular formula is C12H13N3O6. The van der Waals surface area contributed by atoms with Crippen molar-refractivity contribution in [2.75, 3.05) is 11.9 Å². The van der Waals surface area contributed by atoms with Crippen LogP contribution in [-0.2, 0) is 4.79 Å². The van der Waals surface area contributed by atoms with Gasteiger partial charge in [-0.15, -0.1) is 0 Å². The Bertz CT molecular complexity index is 573. The number of aliphatic hydroxyl groups is 1. The van der Waals surface area contributed by atoms with Gasteiger partial charge < -0.3 is 20.4 Å². The Morgan fingerprint density at radius 1 is 1.33 bits per heavy atom. The van der Waals surface area contributed by atoms with Gasteiger partial charge in [-0.3, -0.25) is 10.1 Å². The molecule has 2 rings (SSSR count). The van der Waals surface area contributed by atoms with Crippen molar-refractivity contribution >= 4 is 23.4 Å². The first-order chi connectivity index (χ1) is 9.88. The van der Waals surface area contributed by atoms with Crippen LogP contribution in [0.1, 0.15) is 6.42 Å². The maximum Gasteiger partial charge on any atom is 0.326 e. The predicted molar refractivity (Wildman–Crippen MR) is 70.9 cm³/mol. The van der Waals surface area contributed by atoms with Crippen LogP contribution in [0.2, 0.25) is 0 Å². The summed E-state index contributed by atoms with van der Waals surface area (Å²) < 4.78 is 0. The highest BCUT2D eigenvalue weighted by Crippen LogP contribution is 2.21. The Morgan fingerprint density at radius 3 is 2.48 bits per heavy atom. The predicted octanol–water partition coefficient (Wildman–Crippen LogP) is 0.647. The van der Waals surface area contributed by atoms with Crippen LogP contribution in [0.25, 0.3) is 0 Å². The van der Waals surface area contributed by atoms with E-state index in [1.54, 1.807) is 0 Å². The number of likely N-dealkylation sites (tertiary alicyclic amines) is 1. The molecule has 0 aliphatic carbocycles. The average molecular weight is 295 g/mol. The second kappa shape index (κ2) is 5.75. The molecule has 1 aliphatic heterocycles. The van der Waals surface area contributed by atoms with Crippen LogP contribution in [0.4, 0.5) is 16.2 Å². The molecule has 1 saturated heterocycles. The van der Waals surface area contributed by atoms with Crippen molar-refractivity contribution in [2.45, 2.75) is 18.6 Å². The van der Waals surface area contributed by atoms with Gasteiger partial charge in [-0.2, -0.15) is 0 Å². The highest BCUT2D eigenvalue weighted by molar-refractivity contribution is 5.92. The van der Waals surface area contributed by atoms with Crippen LogP contribution in [0.15, 0.2) is 24.3 Å². The summed E-state index contributed by atoms with van der Waals surface area (Å²) >= 11 is 0. The molecule has 0 bridgehead atoms. The van der Waals surface area contributed by atoms with Gasteiger partial charge in [0.15, 0.2) is 0 Å². The monoisotopic (exact) mass is 295 g/mol. The number of carbonyl (C=O) groups excluding carboxylic acids is 1. The molecule has 0 aromatic heterocycles. The second-order valence-corrected chi connectivity index (χ2v) is 4.63. The first kappa shape index (κ1) is 14.7. The molecule has 1 heterocycles. The van der Waals surface area contributed by atoms with Crippen LogP contribution in [0.5, 0.6) is 0 Å². The van der Waals surface area contributed by atoms with E-state index >= 15 is 0 Å². The van der Waals surface area contributed by atoms with Crippen molar-refractivity contribution in [1.82, 2.24) is 4.90 Å². The third-order valence-electron chi connectivity index (χ3n) is 3.15. The SMILES string of the molecule is O=C(O)C1CC(O)CN1C(=O)Nc1ccc([N+](=O)[O-])cc1. The van der Waals surface area contributed by atoms with Crippen LogP contribution in [-0.4, -0.2) is 50.7 Å². The molecule has 1 aromatic carbocycles. The fourth-order valence-corrected chi connectivity index (χ4v) is 2.13. The summed E-state index contributed by atoms with van der Waals surface area (Å²) in [6.45, 7) is -0.0736. The van der Waals surface area contributed by atoms with E-state index in [2.05, 4.69) is 5.32 Å². The molecule has 2 amide bonds. The maximum absolute atomic E-state index is 12.0. The van der Waals surface area contributed by atoms with Crippen LogP contribution in [0.3, 0.4) is 0 Å². The Labute approximate surface area is 118 Å². The molecule has 112 valence electrons. The molecule has 0 spiro atoms. The van der Waals surface area contributed by atoms with E-state index in [1.165, 1.54) is 24.3 Å². The van der Waals surface area contributed by atoms with E-state index in [9.17, 15) is 24.8 Å². The number of amides is 2. The zero-order valence-electron chi connectivity index (χ0n) is 10.8. The minimum Gasteiger partial charge on any atom is -0.480 e. The molecule has 0 saturated carbocycles. The summed E-state index contributed by atoms with van der Waals surface area (Å²) in [6, 6.07) is 3.38. The summed E-state index contributed by atoms with van der Waals surface area (Å²) in [4.78, 5) is 34.0. The Balaban J connectivity index is 2.06. The average Bonchev–Trinajstić information content (AvgIpc) is 2.82. The number of benzene rings is 1. The van der Waals surface area contributed by atoms with E-state index in [4.69, 9.17) is 5.11 Å². The van der Waals surface area contributed by atoms with Gasteiger partial charge in [0.2, 0.25) is 0 Å². The van der Waals surface area contributed by atoms with Crippen molar-refractivity contribution in [1.29, 1.82) is 0 Å². The van der Waals surface area contributed by atoms with Crippen molar-refractivity contribution in [2.24, 2.45) is 0 Å². The first-order valence-corrected chi connectivity index (χ1v) is 6.11. The fraction of sp³-hybridized carbons (Fsp3) is 0.333. The lowest BCUT2D eigenvalue weighted by Crippen LogP contribution is -2.43. The number of non-ortho nitro benzene ring substituents is 1. The number of nitrogens with zero attached hydrogens (tertiary/aromatic N) is 2. The fourth-order valence-electron chi connectivity index (χ4n) is 2.13. The zero-order chi connectivity index (χ0) is 15.6. The molecule has 0 radical (unpaired) electrons. The van der Waals surface area contributed by atoms with Gasteiger partial charge in [-0.25, -0.2) is 9.59 Å². The van der Waals surface area contributed by atoms with Crippen LogP contribution >= 0.6 is 0 Å². The number of aliphatic carboxylic acids is 1. The number of nitro benzene ring substituents is 1. The van der Waals surface area contributed by atoms with Gasteiger partial charge >= 0.3 is 12.0 Å². The first-order valence-electron chi connectivity index (χ1n) is 6.11. The molecule has 3 N–H and O–H groups in total. The van der Waals surface area contributed by atoms with Crippen LogP contribution < -0.4 is 5.32 Å². The molecule has 1 aliphatic rings. The molecular weight excluding hydrogens is 282 g/mol. The highest BCUT2D eigenvalue weighted by atomic mass is 16.6. The third kappa shape index (κ3) is 3.26. The van der Waals surface area contributed by atoms with Gasteiger partial charge in [-0.1, -0.05) is 0 Å². The smallest absolute Gasteiger partial charge is 0.326 e. The number of β-amino-alcohol motifs (C(OH)–C–C–N with tert-alkyl or cyclic N) is 1. The number of carboxylic acid groups (broad SMARTS) is 1. The molecule has 2 unspecified atom stereocenters. The van der Waals surface area contributed by atoms with E-state index < -0.39 is 29.1 Å². The molecule has 9 nitrogen and oxygen atoms in total. The number of nitro groups is 1. The van der Waals surface area contributed by atoms with Crippen molar-refractivity contribution in [3.8, 4) is 0 Å². The number of hydrogen-bond donors (Lipinski definition) is 3. The quantitative estimate of drug-likeness (QED) is 0.553. The molecule has 9 heteroatoms. The van der Waals surface area contributed by atoms with Gasteiger partial charge in [0.05, 0.1) is 11.0 Å². The number of aliphatic hydroxyl groups excluding tert-OH is 1. The number of urea groups is 1. The molecule has 1 fully saturated rings. The molecule has 1 aromatic rings. The maximum atomic E-state index is 12.0. The summed E-state index contributed by atoms with van der Waals surface area (Å²) in [7, 11) is 0. The Kier molecular flexibility index (Phi) is 4.03. The largest absolute Gasteiger partial charge is 0.480 e. The summed E-state index contributed by atoms with van der Waals surface area (Å²) in [6.07, 6.45) is -0.906. The molecule has 21 heavy (non-hydrogen) atoms. The van der Waals surface area contributed by atoms with Gasteiger partial charge in [0.1, 0.15) is 6.04 Å². The van der Waals surface area contributed by atoms with Gasteiger partial charge in [0, 0.05) is 30.8 Å². The van der Waals surface area contributed by atoms with Gasteiger partial charge in [-0.05, 0) is 12.1 Å². The number of nitrogens with one attached hydrogen (secondary N) is 1. The van der Waals surface area contributed by atoms with E-state index in [-0.39, 0.29) is 18.7 Å². The van der Waals surface area contributed by atoms with Gasteiger partial charge in [0.25, 0.3) is 5.69 Å². The normalized spacial score (nSPS) is 21.1. The van der Waals surface area contributed by atoms with Crippen molar-refractivity contribution in [3.63, 3.8) is 0 Å². The second-order valence-electron chi connectivity index (χ2n) is 4.63. The third-order valence-corrected chi connectivity index (χ3v) is 3.15. The standard InChI is InChI=1S/C12H13N3O6/c16-9-5-10(11(17)18)14(6-9)12(19)13-7-1-3-8(4-2-7)15(20)21/h1-4,9-10,16H,5-6H2,(H,13,19)(H,17,18). The minimum absolute atomic E-state index is 0.0248. The summed E-state index contributed by atoms with van der Waals surface area (Å²) in [5, 5.41) is 31.4. The van der Waals surface area contributed by atoms with E-state index in [0.29, 0.717) is 5.69 Å². The number of carbonyl (C=O) groups is 2. The zero-order valence-corrected chi connectivity index (χ0v) is 10.8. The number of rotatable bonds is 3. The van der Waals surface area contributed by atoms with Crippen molar-refractivity contribution < 1.29 is 24.7 Å². The van der Waals surface area contributed by atoms with E-state index in [1.807, 2.05) is 0 Å². The Morgan fingerprint density at radius 2 is 1.95 bits per heavy atom. The van der Waals surface area contributed by atoms with E-state index in [0.717, 1.165) is 4.90 Å². The van der Waals surface area contributed by atoms with Crippen LogP contribution in [0, 0.1) is 10.1 Å². The number of carboxylic acids is 1.